The molecule has 0 radical (unpaired) electrons. The number of nitrogens with zero attached hydrogens (tertiary/aromatic N) is 1. The van der Waals surface area contributed by atoms with Crippen LogP contribution in [-0.2, 0) is 16.1 Å². The SMILES string of the molecule is COC1NC2CNNC(=O)C2C(Nc2ccc(CN3CCNCC3)cc2)N1. The summed E-state index contributed by atoms with van der Waals surface area (Å²) in [5.41, 5.74) is 7.93. The highest BCUT2D eigenvalue weighted by molar-refractivity contribution is 5.81. The lowest BCUT2D eigenvalue weighted by molar-refractivity contribution is -0.134. The molecular weight excluding hydrogens is 346 g/mol. The molecule has 4 unspecified atom stereocenters. The van der Waals surface area contributed by atoms with Gasteiger partial charge in [0.05, 0.1) is 12.1 Å². The molecule has 0 aliphatic carbocycles. The first kappa shape index (κ1) is 18.6. The maximum absolute atomic E-state index is 12.4. The third kappa shape index (κ3) is 4.40. The first-order valence-electron chi connectivity index (χ1n) is 9.59. The van der Waals surface area contributed by atoms with E-state index >= 15 is 0 Å². The summed E-state index contributed by atoms with van der Waals surface area (Å²) in [6, 6.07) is 8.46. The van der Waals surface area contributed by atoms with Gasteiger partial charge >= 0.3 is 0 Å². The molecule has 3 aliphatic rings. The number of benzene rings is 1. The van der Waals surface area contributed by atoms with Gasteiger partial charge in [0.2, 0.25) is 5.91 Å². The lowest BCUT2D eigenvalue weighted by atomic mass is 9.91. The van der Waals surface area contributed by atoms with E-state index in [4.69, 9.17) is 4.74 Å². The monoisotopic (exact) mass is 375 g/mol. The van der Waals surface area contributed by atoms with E-state index < -0.39 is 0 Å². The minimum absolute atomic E-state index is 0.00515. The average Bonchev–Trinajstić information content (AvgIpc) is 2.70. The molecule has 1 aromatic carbocycles. The van der Waals surface area contributed by atoms with Crippen molar-refractivity contribution in [3.05, 3.63) is 29.8 Å². The van der Waals surface area contributed by atoms with Gasteiger partial charge in [-0.2, -0.15) is 0 Å². The fourth-order valence-corrected chi connectivity index (χ4v) is 3.98. The molecule has 9 heteroatoms. The molecule has 3 saturated heterocycles. The summed E-state index contributed by atoms with van der Waals surface area (Å²) in [6.07, 6.45) is -0.522. The van der Waals surface area contributed by atoms with Crippen LogP contribution >= 0.6 is 0 Å². The van der Waals surface area contributed by atoms with Crippen molar-refractivity contribution >= 4 is 11.6 Å². The number of carbonyl (C=O) groups is 1. The number of methoxy groups -OCH3 is 1. The number of amides is 1. The topological polar surface area (TPSA) is 102 Å². The Morgan fingerprint density at radius 1 is 1.19 bits per heavy atom. The largest absolute Gasteiger partial charge is 0.369 e. The van der Waals surface area contributed by atoms with Crippen molar-refractivity contribution in [2.75, 3.05) is 45.2 Å². The molecule has 3 aliphatic heterocycles. The molecular formula is C18H29N7O2. The molecule has 148 valence electrons. The molecule has 0 saturated carbocycles. The minimum Gasteiger partial charge on any atom is -0.369 e. The Kier molecular flexibility index (Phi) is 5.86. The first-order valence-corrected chi connectivity index (χ1v) is 9.59. The van der Waals surface area contributed by atoms with Crippen LogP contribution in [0.25, 0.3) is 0 Å². The average molecular weight is 375 g/mol. The zero-order valence-electron chi connectivity index (χ0n) is 15.6. The maximum atomic E-state index is 12.4. The van der Waals surface area contributed by atoms with Gasteiger partial charge in [-0.05, 0) is 17.7 Å². The highest BCUT2D eigenvalue weighted by atomic mass is 16.5. The molecule has 9 nitrogen and oxygen atoms in total. The predicted molar refractivity (Wildman–Crippen MR) is 102 cm³/mol. The third-order valence-electron chi connectivity index (χ3n) is 5.45. The first-order chi connectivity index (χ1) is 13.2. The van der Waals surface area contributed by atoms with Crippen LogP contribution in [0.5, 0.6) is 0 Å². The second kappa shape index (κ2) is 8.51. The smallest absolute Gasteiger partial charge is 0.242 e. The maximum Gasteiger partial charge on any atom is 0.242 e. The summed E-state index contributed by atoms with van der Waals surface area (Å²) >= 11 is 0. The van der Waals surface area contributed by atoms with Crippen LogP contribution in [0.15, 0.2) is 24.3 Å². The van der Waals surface area contributed by atoms with Crippen molar-refractivity contribution in [2.45, 2.75) is 25.1 Å². The predicted octanol–water partition coefficient (Wildman–Crippen LogP) is -1.43. The van der Waals surface area contributed by atoms with Crippen molar-refractivity contribution in [3.8, 4) is 0 Å². The van der Waals surface area contributed by atoms with Gasteiger partial charge in [0.25, 0.3) is 0 Å². The Morgan fingerprint density at radius 3 is 2.70 bits per heavy atom. The lowest BCUT2D eigenvalue weighted by Gasteiger charge is -2.45. The van der Waals surface area contributed by atoms with E-state index in [1.807, 2.05) is 0 Å². The molecule has 3 heterocycles. The Hall–Kier alpha value is -1.75. The van der Waals surface area contributed by atoms with Crippen LogP contribution < -0.4 is 32.1 Å². The summed E-state index contributed by atoms with van der Waals surface area (Å²) in [6.45, 7) is 5.91. The number of ether oxygens (including phenoxy) is 1. The fraction of sp³-hybridized carbons (Fsp3) is 0.611. The van der Waals surface area contributed by atoms with Crippen molar-refractivity contribution in [2.24, 2.45) is 5.92 Å². The molecule has 0 bridgehead atoms. The van der Waals surface area contributed by atoms with Crippen molar-refractivity contribution in [1.82, 2.24) is 31.7 Å². The van der Waals surface area contributed by atoms with E-state index in [0.717, 1.165) is 38.4 Å². The van der Waals surface area contributed by atoms with E-state index in [2.05, 4.69) is 61.3 Å². The minimum atomic E-state index is -0.302. The van der Waals surface area contributed by atoms with Crippen molar-refractivity contribution in [1.29, 1.82) is 0 Å². The normalized spacial score (nSPS) is 31.8. The number of carbonyl (C=O) groups excluding carboxylic acids is 1. The third-order valence-corrected chi connectivity index (χ3v) is 5.45. The van der Waals surface area contributed by atoms with Gasteiger partial charge in [-0.1, -0.05) is 12.1 Å². The summed E-state index contributed by atoms with van der Waals surface area (Å²) < 4.78 is 5.41. The summed E-state index contributed by atoms with van der Waals surface area (Å²) in [5.74, 6) is -0.271. The zero-order valence-corrected chi connectivity index (χ0v) is 15.6. The molecule has 0 spiro atoms. The quantitative estimate of drug-likeness (QED) is 0.373. The molecule has 6 N–H and O–H groups in total. The van der Waals surface area contributed by atoms with Gasteiger partial charge < -0.3 is 15.4 Å². The molecule has 4 atom stereocenters. The van der Waals surface area contributed by atoms with Crippen LogP contribution in [0.4, 0.5) is 5.69 Å². The zero-order chi connectivity index (χ0) is 18.6. The van der Waals surface area contributed by atoms with Gasteiger partial charge in [0, 0.05) is 58.1 Å². The second-order valence-corrected chi connectivity index (χ2v) is 7.30. The number of hydrazine groups is 1. The Morgan fingerprint density at radius 2 is 1.96 bits per heavy atom. The Bertz CT molecular complexity index is 635. The van der Waals surface area contributed by atoms with Crippen LogP contribution in [0.3, 0.4) is 0 Å². The summed E-state index contributed by atoms with van der Waals surface area (Å²) in [5, 5.41) is 13.5. The Labute approximate surface area is 159 Å². The number of piperazine rings is 1. The van der Waals surface area contributed by atoms with E-state index in [0.29, 0.717) is 6.54 Å². The van der Waals surface area contributed by atoms with Crippen molar-refractivity contribution in [3.63, 3.8) is 0 Å². The Balaban J connectivity index is 1.41. The number of nitrogens with one attached hydrogen (secondary N) is 6. The van der Waals surface area contributed by atoms with Crippen LogP contribution in [-0.4, -0.2) is 69.2 Å². The molecule has 0 aromatic heterocycles. The molecule has 1 amide bonds. The van der Waals surface area contributed by atoms with E-state index in [-0.39, 0.29) is 30.4 Å². The highest BCUT2D eigenvalue weighted by Crippen LogP contribution is 2.21. The van der Waals surface area contributed by atoms with E-state index in [1.54, 1.807) is 7.11 Å². The summed E-state index contributed by atoms with van der Waals surface area (Å²) in [4.78, 5) is 14.8. The fourth-order valence-electron chi connectivity index (χ4n) is 3.98. The molecule has 3 fully saturated rings. The van der Waals surface area contributed by atoms with E-state index in [1.165, 1.54) is 5.56 Å². The van der Waals surface area contributed by atoms with Crippen LogP contribution in [0.1, 0.15) is 5.56 Å². The highest BCUT2D eigenvalue weighted by Gasteiger charge is 2.43. The molecule has 4 rings (SSSR count). The van der Waals surface area contributed by atoms with Gasteiger partial charge in [0.1, 0.15) is 0 Å². The molecule has 1 aromatic rings. The van der Waals surface area contributed by atoms with Gasteiger partial charge in [0.15, 0.2) is 6.35 Å². The molecule has 27 heavy (non-hydrogen) atoms. The standard InChI is InChI=1S/C18H29N7O2/c1-27-18-22-14-10-20-24-17(26)15(14)16(23-18)21-13-4-2-12(3-5-13)11-25-8-6-19-7-9-25/h2-5,14-16,18-23H,6-11H2,1H3,(H,24,26). The van der Waals surface area contributed by atoms with Crippen molar-refractivity contribution < 1.29 is 9.53 Å². The second-order valence-electron chi connectivity index (χ2n) is 7.30. The van der Waals surface area contributed by atoms with Crippen LogP contribution in [0.2, 0.25) is 0 Å². The number of hydrogen-bond donors (Lipinski definition) is 6. The number of fused-ring (bicyclic) bond motifs is 1. The van der Waals surface area contributed by atoms with Gasteiger partial charge in [-0.15, -0.1) is 0 Å². The number of hydrogen-bond acceptors (Lipinski definition) is 8. The number of rotatable bonds is 5. The van der Waals surface area contributed by atoms with Crippen LogP contribution in [0, 0.1) is 5.92 Å². The lowest BCUT2D eigenvalue weighted by Crippen LogP contribution is -2.74. The van der Waals surface area contributed by atoms with Gasteiger partial charge in [-0.25, -0.2) is 5.43 Å². The summed E-state index contributed by atoms with van der Waals surface area (Å²) in [7, 11) is 1.64. The number of anilines is 1. The van der Waals surface area contributed by atoms with Gasteiger partial charge in [-0.3, -0.25) is 25.8 Å². The van der Waals surface area contributed by atoms with E-state index in [9.17, 15) is 4.79 Å².